The molecule has 0 saturated carbocycles. The van der Waals surface area contributed by atoms with Gasteiger partial charge >= 0.3 is 6.36 Å². The number of hydrogen-bond acceptors (Lipinski definition) is 5. The number of rotatable bonds is 5. The van der Waals surface area contributed by atoms with Crippen LogP contribution in [0.2, 0.25) is 0 Å². The van der Waals surface area contributed by atoms with Crippen LogP contribution in [0.25, 0.3) is 11.3 Å². The van der Waals surface area contributed by atoms with Gasteiger partial charge < -0.3 is 9.30 Å². The summed E-state index contributed by atoms with van der Waals surface area (Å²) in [5.74, 6) is -0.316. The molecule has 154 valence electrons. The molecular formula is C18H15F3N2O4S2. The fourth-order valence-electron chi connectivity index (χ4n) is 2.64. The Morgan fingerprint density at radius 1 is 1.14 bits per heavy atom. The second kappa shape index (κ2) is 8.01. The lowest BCUT2D eigenvalue weighted by atomic mass is 10.1. The first kappa shape index (κ1) is 21.1. The van der Waals surface area contributed by atoms with Gasteiger partial charge in [-0.15, -0.1) is 24.5 Å². The van der Waals surface area contributed by atoms with Crippen LogP contribution in [-0.2, 0) is 16.7 Å². The van der Waals surface area contributed by atoms with E-state index in [0.717, 1.165) is 0 Å². The van der Waals surface area contributed by atoms with Crippen molar-refractivity contribution in [2.75, 3.05) is 0 Å². The number of nitrogens with zero attached hydrogens (tertiary/aromatic N) is 2. The van der Waals surface area contributed by atoms with Gasteiger partial charge in [-0.3, -0.25) is 4.55 Å². The smallest absolute Gasteiger partial charge is 0.405 e. The number of para-hydroxylation sites is 1. The Hall–Kier alpha value is -2.63. The largest absolute Gasteiger partial charge is 0.573 e. The summed E-state index contributed by atoms with van der Waals surface area (Å²) in [4.78, 5) is 4.67. The summed E-state index contributed by atoms with van der Waals surface area (Å²) in [5, 5.41) is 1.67. The van der Waals surface area contributed by atoms with Crippen molar-refractivity contribution in [1.29, 1.82) is 0 Å². The molecule has 1 N–H and O–H groups in total. The maximum atomic E-state index is 12.7. The van der Waals surface area contributed by atoms with Crippen LogP contribution >= 0.6 is 11.3 Å². The summed E-state index contributed by atoms with van der Waals surface area (Å²) >= 11 is 1.22. The molecule has 0 bridgehead atoms. The predicted molar refractivity (Wildman–Crippen MR) is 102 cm³/mol. The summed E-state index contributed by atoms with van der Waals surface area (Å²) in [6, 6.07) is 11.1. The highest BCUT2D eigenvalue weighted by molar-refractivity contribution is 7.85. The average Bonchev–Trinajstić information content (AvgIpc) is 3.03. The third-order valence-corrected chi connectivity index (χ3v) is 5.59. The van der Waals surface area contributed by atoms with Gasteiger partial charge in [0, 0.05) is 17.5 Å². The van der Waals surface area contributed by atoms with Crippen LogP contribution in [0.15, 0.2) is 63.8 Å². The molecule has 0 saturated heterocycles. The molecule has 2 aromatic carbocycles. The van der Waals surface area contributed by atoms with Gasteiger partial charge in [0.2, 0.25) is 0 Å². The highest BCUT2D eigenvalue weighted by Gasteiger charge is 2.32. The molecule has 6 nitrogen and oxygen atoms in total. The standard InChI is InChI=1S/C18H15F3N2O4S2/c1-2-23-15(14-5-3-4-6-16(14)27-18(19,20)21)11-28-17(23)22-12-7-9-13(10-8-12)29(24,25)26/h3-11H,2H2,1H3,(H,24,25,26)/b22-17-. The fourth-order valence-corrected chi connectivity index (χ4v) is 4.10. The van der Waals surface area contributed by atoms with E-state index >= 15 is 0 Å². The Labute approximate surface area is 168 Å². The van der Waals surface area contributed by atoms with Crippen LogP contribution in [0.1, 0.15) is 6.92 Å². The topological polar surface area (TPSA) is 80.9 Å². The van der Waals surface area contributed by atoms with E-state index in [1.54, 1.807) is 16.0 Å². The zero-order valence-electron chi connectivity index (χ0n) is 14.9. The SMILES string of the molecule is CCn1c(-c2ccccc2OC(F)(F)F)cs/c1=N\c1ccc(S(=O)(=O)O)cc1. The summed E-state index contributed by atoms with van der Waals surface area (Å²) < 4.78 is 75.3. The number of benzene rings is 2. The Kier molecular flexibility index (Phi) is 5.82. The summed E-state index contributed by atoms with van der Waals surface area (Å²) in [6.07, 6.45) is -4.81. The third kappa shape index (κ3) is 5.05. The number of halogens is 3. The second-order valence-electron chi connectivity index (χ2n) is 5.77. The van der Waals surface area contributed by atoms with Gasteiger partial charge in [0.25, 0.3) is 10.1 Å². The van der Waals surface area contributed by atoms with E-state index in [9.17, 15) is 21.6 Å². The van der Waals surface area contributed by atoms with Crippen LogP contribution < -0.4 is 9.54 Å². The molecule has 29 heavy (non-hydrogen) atoms. The molecule has 0 spiro atoms. The van der Waals surface area contributed by atoms with Crippen molar-refractivity contribution in [1.82, 2.24) is 4.57 Å². The first-order valence-corrected chi connectivity index (χ1v) is 10.6. The van der Waals surface area contributed by atoms with E-state index in [-0.39, 0.29) is 16.2 Å². The lowest BCUT2D eigenvalue weighted by molar-refractivity contribution is -0.274. The van der Waals surface area contributed by atoms with Crippen molar-refractivity contribution >= 4 is 27.1 Å². The van der Waals surface area contributed by atoms with E-state index < -0.39 is 16.5 Å². The molecule has 0 atom stereocenters. The maximum Gasteiger partial charge on any atom is 0.573 e. The molecule has 0 aliphatic heterocycles. The number of aromatic nitrogens is 1. The molecule has 11 heteroatoms. The fraction of sp³-hybridized carbons (Fsp3) is 0.167. The van der Waals surface area contributed by atoms with E-state index in [0.29, 0.717) is 22.7 Å². The van der Waals surface area contributed by atoms with Crippen molar-refractivity contribution in [2.45, 2.75) is 24.7 Å². The molecule has 0 radical (unpaired) electrons. The molecule has 3 aromatic rings. The second-order valence-corrected chi connectivity index (χ2v) is 8.03. The van der Waals surface area contributed by atoms with Gasteiger partial charge in [-0.1, -0.05) is 12.1 Å². The van der Waals surface area contributed by atoms with Crippen LogP contribution in [0.3, 0.4) is 0 Å². The first-order chi connectivity index (χ1) is 13.6. The van der Waals surface area contributed by atoms with Crippen molar-refractivity contribution in [2.24, 2.45) is 4.99 Å². The molecule has 1 heterocycles. The molecule has 1 aromatic heterocycles. The van der Waals surface area contributed by atoms with Crippen molar-refractivity contribution in [3.8, 4) is 17.0 Å². The molecule has 0 fully saturated rings. The minimum absolute atomic E-state index is 0.259. The maximum absolute atomic E-state index is 12.7. The first-order valence-electron chi connectivity index (χ1n) is 8.24. The van der Waals surface area contributed by atoms with Crippen molar-refractivity contribution < 1.29 is 30.9 Å². The lowest BCUT2D eigenvalue weighted by Crippen LogP contribution is -2.18. The molecule has 0 amide bonds. The highest BCUT2D eigenvalue weighted by atomic mass is 32.2. The Balaban J connectivity index is 2.06. The third-order valence-electron chi connectivity index (χ3n) is 3.86. The normalized spacial score (nSPS) is 12.9. The summed E-state index contributed by atoms with van der Waals surface area (Å²) in [7, 11) is -4.31. The van der Waals surface area contributed by atoms with E-state index in [1.165, 1.54) is 53.8 Å². The number of hydrogen-bond donors (Lipinski definition) is 1. The molecule has 0 aliphatic carbocycles. The van der Waals surface area contributed by atoms with Crippen LogP contribution in [-0.4, -0.2) is 23.9 Å². The van der Waals surface area contributed by atoms with E-state index in [4.69, 9.17) is 4.55 Å². The molecular weight excluding hydrogens is 429 g/mol. The van der Waals surface area contributed by atoms with E-state index in [2.05, 4.69) is 9.73 Å². The van der Waals surface area contributed by atoms with Gasteiger partial charge in [-0.05, 0) is 43.3 Å². The van der Waals surface area contributed by atoms with Crippen molar-refractivity contribution in [3.63, 3.8) is 0 Å². The quantitative estimate of drug-likeness (QED) is 0.583. The Morgan fingerprint density at radius 3 is 2.38 bits per heavy atom. The molecule has 0 unspecified atom stereocenters. The van der Waals surface area contributed by atoms with Crippen LogP contribution in [0.4, 0.5) is 18.9 Å². The minimum Gasteiger partial charge on any atom is -0.405 e. The van der Waals surface area contributed by atoms with Gasteiger partial charge in [-0.2, -0.15) is 8.42 Å². The van der Waals surface area contributed by atoms with Gasteiger partial charge in [0.1, 0.15) is 5.75 Å². The summed E-state index contributed by atoms with van der Waals surface area (Å²) in [5.41, 5.74) is 1.20. The Morgan fingerprint density at radius 2 is 1.79 bits per heavy atom. The number of ether oxygens (including phenoxy) is 1. The van der Waals surface area contributed by atoms with Crippen molar-refractivity contribution in [3.05, 3.63) is 58.7 Å². The Bertz CT molecular complexity index is 1180. The highest BCUT2D eigenvalue weighted by Crippen LogP contribution is 2.34. The van der Waals surface area contributed by atoms with Gasteiger partial charge in [0.15, 0.2) is 4.80 Å². The monoisotopic (exact) mass is 444 g/mol. The minimum atomic E-state index is -4.81. The molecule has 3 rings (SSSR count). The van der Waals surface area contributed by atoms with Crippen LogP contribution in [0.5, 0.6) is 5.75 Å². The number of thiazole rings is 1. The zero-order chi connectivity index (χ0) is 21.2. The van der Waals surface area contributed by atoms with Gasteiger partial charge in [0.05, 0.1) is 16.3 Å². The predicted octanol–water partition coefficient (Wildman–Crippen LogP) is 4.61. The average molecular weight is 444 g/mol. The van der Waals surface area contributed by atoms with E-state index in [1.807, 2.05) is 6.92 Å². The van der Waals surface area contributed by atoms with Crippen LogP contribution in [0, 0.1) is 0 Å². The number of alkyl halides is 3. The summed E-state index contributed by atoms with van der Waals surface area (Å²) in [6.45, 7) is 2.25. The lowest BCUT2D eigenvalue weighted by Gasteiger charge is -2.14. The van der Waals surface area contributed by atoms with Gasteiger partial charge in [-0.25, -0.2) is 4.99 Å². The molecule has 0 aliphatic rings. The zero-order valence-corrected chi connectivity index (χ0v) is 16.6.